The van der Waals surface area contributed by atoms with Crippen molar-refractivity contribution >= 4 is 5.69 Å². The normalized spacial score (nSPS) is 11.2. The maximum atomic E-state index is 10.9. The van der Waals surface area contributed by atoms with Gasteiger partial charge in [-0.15, -0.1) is 0 Å². The molecular weight excluding hydrogens is 306 g/mol. The molecule has 0 unspecified atom stereocenters. The summed E-state index contributed by atoms with van der Waals surface area (Å²) < 4.78 is 11.4. The van der Waals surface area contributed by atoms with Gasteiger partial charge in [-0.05, 0) is 45.4 Å². The molecule has 0 saturated heterocycles. The van der Waals surface area contributed by atoms with Gasteiger partial charge in [0.05, 0.1) is 4.92 Å². The molecule has 0 saturated carbocycles. The summed E-state index contributed by atoms with van der Waals surface area (Å²) in [7, 11) is 0. The molecule has 1 aromatic carbocycles. The number of nitro groups is 1. The monoisotopic (exact) mass is 325 g/mol. The van der Waals surface area contributed by atoms with Gasteiger partial charge in [0.2, 0.25) is 0 Å². The van der Waals surface area contributed by atoms with E-state index in [0.29, 0.717) is 0 Å². The van der Waals surface area contributed by atoms with Crippen LogP contribution in [-0.2, 0) is 0 Å². The van der Waals surface area contributed by atoms with E-state index in [4.69, 9.17) is 8.83 Å². The van der Waals surface area contributed by atoms with Crippen LogP contribution in [0.4, 0.5) is 5.69 Å². The van der Waals surface area contributed by atoms with Gasteiger partial charge in [-0.1, -0.05) is 12.1 Å². The fraction of sp³-hybridized carbons (Fsp3) is 0.263. The summed E-state index contributed by atoms with van der Waals surface area (Å²) in [6, 6.07) is 10.7. The van der Waals surface area contributed by atoms with Crippen LogP contribution in [0.5, 0.6) is 0 Å². The van der Waals surface area contributed by atoms with Crippen LogP contribution in [0.2, 0.25) is 0 Å². The van der Waals surface area contributed by atoms with Crippen molar-refractivity contribution < 1.29 is 13.8 Å². The first-order chi connectivity index (χ1) is 11.4. The fourth-order valence-corrected chi connectivity index (χ4v) is 3.19. The molecule has 2 heterocycles. The van der Waals surface area contributed by atoms with Crippen molar-refractivity contribution in [2.75, 3.05) is 0 Å². The molecule has 0 fully saturated rings. The second-order valence-electron chi connectivity index (χ2n) is 6.02. The number of rotatable bonds is 4. The number of hydrogen-bond donors (Lipinski definition) is 0. The minimum Gasteiger partial charge on any atom is -0.466 e. The van der Waals surface area contributed by atoms with Crippen molar-refractivity contribution in [2.45, 2.75) is 33.6 Å². The molecule has 0 spiro atoms. The number of non-ortho nitro benzene ring substituents is 1. The van der Waals surface area contributed by atoms with Crippen molar-refractivity contribution in [1.82, 2.24) is 0 Å². The number of nitro benzene ring substituents is 1. The molecule has 3 rings (SSSR count). The van der Waals surface area contributed by atoms with Crippen LogP contribution in [0.1, 0.15) is 45.6 Å². The Bertz CT molecular complexity index is 840. The SMILES string of the molecule is Cc1cc(C(c2ccc([N+](=O)[O-])cc2)c2cc(C)oc2C)c(C)o1. The molecule has 0 aliphatic rings. The van der Waals surface area contributed by atoms with Crippen LogP contribution in [-0.4, -0.2) is 4.92 Å². The van der Waals surface area contributed by atoms with Gasteiger partial charge in [0.25, 0.3) is 5.69 Å². The van der Waals surface area contributed by atoms with E-state index >= 15 is 0 Å². The van der Waals surface area contributed by atoms with E-state index < -0.39 is 0 Å². The van der Waals surface area contributed by atoms with Crippen molar-refractivity contribution in [3.05, 3.63) is 86.2 Å². The minimum atomic E-state index is -0.390. The highest BCUT2D eigenvalue weighted by molar-refractivity contribution is 5.48. The zero-order valence-corrected chi connectivity index (χ0v) is 14.1. The van der Waals surface area contributed by atoms with E-state index in [9.17, 15) is 10.1 Å². The summed E-state index contributed by atoms with van der Waals surface area (Å²) in [6.07, 6.45) is 0. The highest BCUT2D eigenvalue weighted by atomic mass is 16.6. The second-order valence-corrected chi connectivity index (χ2v) is 6.02. The van der Waals surface area contributed by atoms with Crippen molar-refractivity contribution in [3.63, 3.8) is 0 Å². The second kappa shape index (κ2) is 6.00. The summed E-state index contributed by atoms with van der Waals surface area (Å²) in [5, 5.41) is 10.9. The third-order valence-electron chi connectivity index (χ3n) is 4.22. The molecule has 0 amide bonds. The predicted molar refractivity (Wildman–Crippen MR) is 90.4 cm³/mol. The molecule has 0 atom stereocenters. The lowest BCUT2D eigenvalue weighted by Gasteiger charge is -2.16. The van der Waals surface area contributed by atoms with Crippen LogP contribution >= 0.6 is 0 Å². The minimum absolute atomic E-state index is 0.0812. The van der Waals surface area contributed by atoms with Gasteiger partial charge in [-0.25, -0.2) is 0 Å². The van der Waals surface area contributed by atoms with E-state index in [0.717, 1.165) is 39.7 Å². The van der Waals surface area contributed by atoms with Gasteiger partial charge in [0.15, 0.2) is 0 Å². The molecule has 3 aromatic rings. The van der Waals surface area contributed by atoms with Gasteiger partial charge in [-0.3, -0.25) is 10.1 Å². The first kappa shape index (κ1) is 16.1. The highest BCUT2D eigenvalue weighted by Gasteiger charge is 2.25. The number of nitrogens with zero attached hydrogens (tertiary/aromatic N) is 1. The van der Waals surface area contributed by atoms with E-state index in [2.05, 4.69) is 0 Å². The Morgan fingerprint density at radius 1 is 0.875 bits per heavy atom. The van der Waals surface area contributed by atoms with E-state index in [1.54, 1.807) is 12.1 Å². The quantitative estimate of drug-likeness (QED) is 0.488. The molecule has 124 valence electrons. The Hall–Kier alpha value is -2.82. The molecule has 0 bridgehead atoms. The van der Waals surface area contributed by atoms with Crippen LogP contribution in [0.3, 0.4) is 0 Å². The lowest BCUT2D eigenvalue weighted by Crippen LogP contribution is -2.04. The third-order valence-corrected chi connectivity index (χ3v) is 4.22. The molecule has 0 N–H and O–H groups in total. The smallest absolute Gasteiger partial charge is 0.269 e. The Morgan fingerprint density at radius 2 is 1.33 bits per heavy atom. The lowest BCUT2D eigenvalue weighted by atomic mass is 9.85. The number of furan rings is 2. The zero-order valence-electron chi connectivity index (χ0n) is 14.1. The first-order valence-corrected chi connectivity index (χ1v) is 7.75. The molecule has 2 aromatic heterocycles. The van der Waals surface area contributed by atoms with Crippen molar-refractivity contribution in [2.24, 2.45) is 0 Å². The Balaban J connectivity index is 2.17. The fourth-order valence-electron chi connectivity index (χ4n) is 3.19. The molecule has 5 heteroatoms. The largest absolute Gasteiger partial charge is 0.466 e. The first-order valence-electron chi connectivity index (χ1n) is 7.75. The van der Waals surface area contributed by atoms with Crippen molar-refractivity contribution in [3.8, 4) is 0 Å². The van der Waals surface area contributed by atoms with E-state index in [1.165, 1.54) is 12.1 Å². The summed E-state index contributed by atoms with van der Waals surface area (Å²) in [6.45, 7) is 7.69. The summed E-state index contributed by atoms with van der Waals surface area (Å²) >= 11 is 0. The Morgan fingerprint density at radius 3 is 1.67 bits per heavy atom. The lowest BCUT2D eigenvalue weighted by molar-refractivity contribution is -0.384. The van der Waals surface area contributed by atoms with E-state index in [-0.39, 0.29) is 16.5 Å². The van der Waals surface area contributed by atoms with Gasteiger partial charge in [0.1, 0.15) is 23.0 Å². The van der Waals surface area contributed by atoms with Gasteiger partial charge in [-0.2, -0.15) is 0 Å². The average molecular weight is 325 g/mol. The molecule has 5 nitrogen and oxygen atoms in total. The predicted octanol–water partition coefficient (Wildman–Crippen LogP) is 5.19. The Labute approximate surface area is 140 Å². The zero-order chi connectivity index (χ0) is 17.4. The van der Waals surface area contributed by atoms with Gasteiger partial charge < -0.3 is 8.83 Å². The molecular formula is C19H19NO4. The summed E-state index contributed by atoms with van der Waals surface area (Å²) in [5.74, 6) is 3.28. The molecule has 0 aliphatic carbocycles. The van der Waals surface area contributed by atoms with Crippen LogP contribution in [0, 0.1) is 37.8 Å². The van der Waals surface area contributed by atoms with Crippen molar-refractivity contribution in [1.29, 1.82) is 0 Å². The standard InChI is InChI=1S/C19H19NO4/c1-11-9-17(13(3)23-11)19(18-10-12(2)24-14(18)4)15-5-7-16(8-6-15)20(21)22/h5-10,19H,1-4H3. The number of aryl methyl sites for hydroxylation is 4. The molecule has 0 radical (unpaired) electrons. The third kappa shape index (κ3) is 2.85. The Kier molecular flexibility index (Phi) is 4.01. The maximum absolute atomic E-state index is 10.9. The molecule has 24 heavy (non-hydrogen) atoms. The van der Waals surface area contributed by atoms with E-state index in [1.807, 2.05) is 39.8 Å². The van der Waals surface area contributed by atoms with Crippen LogP contribution in [0.15, 0.2) is 45.2 Å². The highest BCUT2D eigenvalue weighted by Crippen LogP contribution is 2.38. The van der Waals surface area contributed by atoms with Gasteiger partial charge in [0, 0.05) is 29.2 Å². The van der Waals surface area contributed by atoms with Crippen LogP contribution in [0.25, 0.3) is 0 Å². The topological polar surface area (TPSA) is 69.4 Å². The number of benzene rings is 1. The number of hydrogen-bond acceptors (Lipinski definition) is 4. The van der Waals surface area contributed by atoms with Crippen LogP contribution < -0.4 is 0 Å². The maximum Gasteiger partial charge on any atom is 0.269 e. The average Bonchev–Trinajstić information content (AvgIpc) is 3.02. The summed E-state index contributed by atoms with van der Waals surface area (Å²) in [5.41, 5.74) is 3.14. The molecule has 0 aliphatic heterocycles. The van der Waals surface area contributed by atoms with Gasteiger partial charge >= 0.3 is 0 Å². The summed E-state index contributed by atoms with van der Waals surface area (Å²) in [4.78, 5) is 10.5.